The van der Waals surface area contributed by atoms with Crippen LogP contribution in [0.3, 0.4) is 0 Å². The summed E-state index contributed by atoms with van der Waals surface area (Å²) in [5.74, 6) is 2.32. The van der Waals surface area contributed by atoms with Crippen molar-refractivity contribution in [1.82, 2.24) is 19.4 Å². The van der Waals surface area contributed by atoms with Gasteiger partial charge in [0.1, 0.15) is 11.8 Å². The molecule has 2 aliphatic rings. The lowest BCUT2D eigenvalue weighted by Gasteiger charge is -2.32. The Morgan fingerprint density at radius 2 is 1.81 bits per heavy atom. The highest BCUT2D eigenvalue weighted by atomic mass is 32.2. The second-order valence-corrected chi connectivity index (χ2v) is 10.6. The van der Waals surface area contributed by atoms with Crippen LogP contribution in [-0.4, -0.2) is 60.3 Å². The molecule has 2 aromatic rings. The quantitative estimate of drug-likeness (QED) is 0.642. The van der Waals surface area contributed by atoms with E-state index in [0.29, 0.717) is 18.3 Å². The van der Waals surface area contributed by atoms with E-state index in [1.165, 1.54) is 5.56 Å². The topological polar surface area (TPSA) is 88.8 Å². The Morgan fingerprint density at radius 1 is 1.06 bits per heavy atom. The third kappa shape index (κ3) is 4.94. The van der Waals surface area contributed by atoms with Crippen molar-refractivity contribution in [2.45, 2.75) is 57.5 Å². The largest absolute Gasteiger partial charge is 0.496 e. The minimum absolute atomic E-state index is 0.0924. The number of hydrogen-bond donors (Lipinski definition) is 0. The van der Waals surface area contributed by atoms with Crippen molar-refractivity contribution in [3.63, 3.8) is 0 Å². The number of ether oxygens (including phenoxy) is 1. The predicted octanol–water partition coefficient (Wildman–Crippen LogP) is 3.33. The maximum atomic E-state index is 12.5. The third-order valence-electron chi connectivity index (χ3n) is 6.44. The molecule has 2 fully saturated rings. The first-order chi connectivity index (χ1) is 15.0. The lowest BCUT2D eigenvalue weighted by molar-refractivity contribution is 0.182. The molecule has 8 nitrogen and oxygen atoms in total. The van der Waals surface area contributed by atoms with Gasteiger partial charge in [-0.3, -0.25) is 4.90 Å². The van der Waals surface area contributed by atoms with E-state index >= 15 is 0 Å². The van der Waals surface area contributed by atoms with Crippen molar-refractivity contribution in [3.05, 3.63) is 41.6 Å². The zero-order valence-electron chi connectivity index (χ0n) is 18.4. The van der Waals surface area contributed by atoms with Gasteiger partial charge < -0.3 is 9.15 Å². The maximum Gasteiger partial charge on any atom is 0.234 e. The molecule has 0 saturated carbocycles. The third-order valence-corrected chi connectivity index (χ3v) is 8.32. The summed E-state index contributed by atoms with van der Waals surface area (Å²) in [7, 11) is -1.58. The van der Waals surface area contributed by atoms with E-state index < -0.39 is 10.0 Å². The summed E-state index contributed by atoms with van der Waals surface area (Å²) in [6.45, 7) is 4.96. The summed E-state index contributed by atoms with van der Waals surface area (Å²) in [6, 6.07) is 7.80. The molecule has 0 bridgehead atoms. The number of rotatable bonds is 7. The predicted molar refractivity (Wildman–Crippen MR) is 117 cm³/mol. The molecule has 1 aromatic heterocycles. The van der Waals surface area contributed by atoms with E-state index in [-0.39, 0.29) is 17.7 Å². The van der Waals surface area contributed by atoms with Gasteiger partial charge in [0.25, 0.3) is 0 Å². The van der Waals surface area contributed by atoms with Crippen molar-refractivity contribution in [2.24, 2.45) is 0 Å². The first-order valence-corrected chi connectivity index (χ1v) is 12.8. The number of benzene rings is 1. The minimum Gasteiger partial charge on any atom is -0.496 e. The van der Waals surface area contributed by atoms with Crippen molar-refractivity contribution >= 4 is 10.0 Å². The number of aromatic nitrogens is 2. The molecule has 2 aliphatic heterocycles. The van der Waals surface area contributed by atoms with Crippen molar-refractivity contribution < 1.29 is 17.6 Å². The van der Waals surface area contributed by atoms with Crippen LogP contribution in [0, 0.1) is 0 Å². The van der Waals surface area contributed by atoms with Crippen LogP contribution in [-0.2, 0) is 16.6 Å². The van der Waals surface area contributed by atoms with Crippen LogP contribution >= 0.6 is 0 Å². The molecule has 31 heavy (non-hydrogen) atoms. The van der Waals surface area contributed by atoms with Gasteiger partial charge in [-0.05, 0) is 51.8 Å². The van der Waals surface area contributed by atoms with E-state index in [0.717, 1.165) is 57.5 Å². The van der Waals surface area contributed by atoms with Gasteiger partial charge in [-0.2, -0.15) is 4.31 Å². The van der Waals surface area contributed by atoms with E-state index in [9.17, 15) is 8.42 Å². The Labute approximate surface area is 184 Å². The molecule has 0 amide bonds. The Kier molecular flexibility index (Phi) is 6.93. The van der Waals surface area contributed by atoms with Crippen LogP contribution in [0.2, 0.25) is 0 Å². The SMILES string of the molecule is CCS(=O)(=O)N1CCCCC1c1nnc(C2CCN(Cc3ccccc3OC)CC2)o1. The van der Waals surface area contributed by atoms with Crippen LogP contribution in [0.4, 0.5) is 0 Å². The highest BCUT2D eigenvalue weighted by Gasteiger charge is 2.36. The zero-order valence-corrected chi connectivity index (χ0v) is 19.2. The van der Waals surface area contributed by atoms with Crippen molar-refractivity contribution in [2.75, 3.05) is 32.5 Å². The fraction of sp³-hybridized carbons (Fsp3) is 0.636. The summed E-state index contributed by atoms with van der Waals surface area (Å²) in [6.07, 6.45) is 4.47. The summed E-state index contributed by atoms with van der Waals surface area (Å²) in [5, 5.41) is 8.59. The average molecular weight is 449 g/mol. The van der Waals surface area contributed by atoms with E-state index in [1.54, 1.807) is 18.3 Å². The summed E-state index contributed by atoms with van der Waals surface area (Å²) in [4.78, 5) is 2.42. The fourth-order valence-corrected chi connectivity index (χ4v) is 5.93. The lowest BCUT2D eigenvalue weighted by atomic mass is 9.96. The molecule has 0 N–H and O–H groups in total. The number of hydrogen-bond acceptors (Lipinski definition) is 7. The van der Waals surface area contributed by atoms with Crippen molar-refractivity contribution in [1.29, 1.82) is 0 Å². The number of likely N-dealkylation sites (tertiary alicyclic amines) is 1. The molecule has 0 radical (unpaired) electrons. The zero-order chi connectivity index (χ0) is 21.8. The summed E-state index contributed by atoms with van der Waals surface area (Å²) in [5.41, 5.74) is 1.19. The molecule has 1 atom stereocenters. The molecule has 9 heteroatoms. The molecule has 0 aliphatic carbocycles. The molecular weight excluding hydrogens is 416 g/mol. The van der Waals surface area contributed by atoms with Crippen LogP contribution in [0.15, 0.2) is 28.7 Å². The van der Waals surface area contributed by atoms with Gasteiger partial charge >= 0.3 is 0 Å². The number of methoxy groups -OCH3 is 1. The number of nitrogens with zero attached hydrogens (tertiary/aromatic N) is 4. The Balaban J connectivity index is 1.39. The molecule has 170 valence electrons. The molecule has 1 aromatic carbocycles. The normalized spacial score (nSPS) is 21.9. The van der Waals surface area contributed by atoms with Crippen molar-refractivity contribution in [3.8, 4) is 5.75 Å². The van der Waals surface area contributed by atoms with E-state index in [1.807, 2.05) is 18.2 Å². The number of para-hydroxylation sites is 1. The van der Waals surface area contributed by atoms with E-state index in [2.05, 4.69) is 21.2 Å². The Morgan fingerprint density at radius 3 is 2.55 bits per heavy atom. The van der Waals surface area contributed by atoms with Gasteiger partial charge in [0.05, 0.1) is 12.9 Å². The number of piperidine rings is 2. The standard InChI is InChI=1S/C22H32N4O4S/c1-3-31(27,28)26-13-7-6-9-19(26)22-24-23-21(30-22)17-11-14-25(15-12-17)16-18-8-4-5-10-20(18)29-2/h4-5,8,10,17,19H,3,6-7,9,11-16H2,1-2H3. The molecule has 1 unspecified atom stereocenters. The first-order valence-electron chi connectivity index (χ1n) is 11.2. The van der Waals surface area contributed by atoms with Crippen LogP contribution in [0.1, 0.15) is 68.3 Å². The molecule has 0 spiro atoms. The van der Waals surface area contributed by atoms with Gasteiger partial charge in [-0.15, -0.1) is 10.2 Å². The van der Waals surface area contributed by atoms with Crippen LogP contribution in [0.5, 0.6) is 5.75 Å². The highest BCUT2D eigenvalue weighted by molar-refractivity contribution is 7.89. The minimum atomic E-state index is -3.29. The summed E-state index contributed by atoms with van der Waals surface area (Å²) >= 11 is 0. The van der Waals surface area contributed by atoms with Gasteiger partial charge in [0.15, 0.2) is 0 Å². The van der Waals surface area contributed by atoms with E-state index in [4.69, 9.17) is 9.15 Å². The Bertz CT molecular complexity index is 969. The second-order valence-electron chi connectivity index (χ2n) is 8.36. The molecule has 4 rings (SSSR count). The highest BCUT2D eigenvalue weighted by Crippen LogP contribution is 2.35. The smallest absolute Gasteiger partial charge is 0.234 e. The number of sulfonamides is 1. The van der Waals surface area contributed by atoms with Gasteiger partial charge in [-0.1, -0.05) is 24.6 Å². The second kappa shape index (κ2) is 9.67. The molecule has 2 saturated heterocycles. The monoisotopic (exact) mass is 448 g/mol. The Hall–Kier alpha value is -1.97. The first kappa shape index (κ1) is 22.2. The van der Waals surface area contributed by atoms with Crippen LogP contribution < -0.4 is 4.74 Å². The average Bonchev–Trinajstić information content (AvgIpc) is 3.30. The van der Waals surface area contributed by atoms with Gasteiger partial charge in [0, 0.05) is 24.6 Å². The van der Waals surface area contributed by atoms with Gasteiger partial charge in [0.2, 0.25) is 21.8 Å². The lowest BCUT2D eigenvalue weighted by Crippen LogP contribution is -2.39. The molecular formula is C22H32N4O4S. The van der Waals surface area contributed by atoms with Crippen LogP contribution in [0.25, 0.3) is 0 Å². The fourth-order valence-electron chi connectivity index (χ4n) is 4.61. The maximum absolute atomic E-state index is 12.5. The summed E-state index contributed by atoms with van der Waals surface area (Å²) < 4.78 is 38.1. The van der Waals surface area contributed by atoms with Gasteiger partial charge in [-0.25, -0.2) is 8.42 Å². The molecule has 3 heterocycles.